The zero-order chi connectivity index (χ0) is 13.1. The lowest BCUT2D eigenvalue weighted by atomic mass is 9.99. The van der Waals surface area contributed by atoms with E-state index in [2.05, 4.69) is 36.2 Å². The molecule has 0 aliphatic heterocycles. The van der Waals surface area contributed by atoms with E-state index in [4.69, 9.17) is 5.11 Å². The van der Waals surface area contributed by atoms with Crippen LogP contribution >= 0.6 is 0 Å². The standard InChI is InChI=1S/C14H16N2O2/c1-9(2)10-3-5-11(6-4-10)14-12(7-13(17)18)8-15-16-14/h3-6,8-9H,7H2,1-2H3,(H,15,16)(H,17,18). The maximum Gasteiger partial charge on any atom is 0.307 e. The van der Waals surface area contributed by atoms with Crippen molar-refractivity contribution in [3.8, 4) is 11.3 Å². The van der Waals surface area contributed by atoms with E-state index in [-0.39, 0.29) is 6.42 Å². The fourth-order valence-electron chi connectivity index (χ4n) is 1.89. The molecule has 1 aromatic heterocycles. The Bertz CT molecular complexity index is 541. The predicted molar refractivity (Wildman–Crippen MR) is 69.5 cm³/mol. The van der Waals surface area contributed by atoms with Crippen LogP contribution in [0.25, 0.3) is 11.3 Å². The van der Waals surface area contributed by atoms with Crippen LogP contribution in [0, 0.1) is 0 Å². The number of aliphatic carboxylic acids is 1. The second-order valence-corrected chi connectivity index (χ2v) is 4.62. The lowest BCUT2D eigenvalue weighted by molar-refractivity contribution is -0.136. The first-order valence-corrected chi connectivity index (χ1v) is 5.92. The summed E-state index contributed by atoms with van der Waals surface area (Å²) in [7, 11) is 0. The summed E-state index contributed by atoms with van der Waals surface area (Å²) in [5.41, 5.74) is 3.72. The van der Waals surface area contributed by atoms with Gasteiger partial charge in [-0.15, -0.1) is 0 Å². The van der Waals surface area contributed by atoms with Gasteiger partial charge in [0.1, 0.15) is 0 Å². The van der Waals surface area contributed by atoms with Gasteiger partial charge in [0.15, 0.2) is 0 Å². The van der Waals surface area contributed by atoms with Crippen LogP contribution in [0.5, 0.6) is 0 Å². The Balaban J connectivity index is 2.31. The molecule has 4 heteroatoms. The third-order valence-electron chi connectivity index (χ3n) is 2.93. The fourth-order valence-corrected chi connectivity index (χ4v) is 1.89. The van der Waals surface area contributed by atoms with Crippen LogP contribution in [0.2, 0.25) is 0 Å². The maximum absolute atomic E-state index is 10.8. The first-order chi connectivity index (χ1) is 8.58. The molecule has 1 heterocycles. The summed E-state index contributed by atoms with van der Waals surface area (Å²) < 4.78 is 0. The number of nitrogens with one attached hydrogen (secondary N) is 1. The fraction of sp³-hybridized carbons (Fsp3) is 0.286. The Labute approximate surface area is 106 Å². The van der Waals surface area contributed by atoms with Gasteiger partial charge in [-0.1, -0.05) is 38.1 Å². The van der Waals surface area contributed by atoms with E-state index in [0.717, 1.165) is 11.3 Å². The van der Waals surface area contributed by atoms with Crippen molar-refractivity contribution >= 4 is 5.97 Å². The highest BCUT2D eigenvalue weighted by molar-refractivity contribution is 5.74. The van der Waals surface area contributed by atoms with Gasteiger partial charge in [-0.05, 0) is 17.0 Å². The predicted octanol–water partition coefficient (Wildman–Crippen LogP) is 2.83. The second-order valence-electron chi connectivity index (χ2n) is 4.62. The molecular formula is C14H16N2O2. The molecule has 0 bridgehead atoms. The molecule has 2 aromatic rings. The third kappa shape index (κ3) is 2.59. The number of rotatable bonds is 4. The monoisotopic (exact) mass is 244 g/mol. The summed E-state index contributed by atoms with van der Waals surface area (Å²) in [6.07, 6.45) is 1.55. The number of aromatic amines is 1. The molecule has 4 nitrogen and oxygen atoms in total. The summed E-state index contributed by atoms with van der Waals surface area (Å²) in [4.78, 5) is 10.8. The van der Waals surface area contributed by atoms with Crippen molar-refractivity contribution in [3.63, 3.8) is 0 Å². The minimum Gasteiger partial charge on any atom is -0.481 e. The zero-order valence-electron chi connectivity index (χ0n) is 10.5. The molecule has 0 spiro atoms. The van der Waals surface area contributed by atoms with Crippen molar-refractivity contribution in [1.82, 2.24) is 10.2 Å². The van der Waals surface area contributed by atoms with E-state index >= 15 is 0 Å². The summed E-state index contributed by atoms with van der Waals surface area (Å²) in [5.74, 6) is -0.365. The third-order valence-corrected chi connectivity index (χ3v) is 2.93. The van der Waals surface area contributed by atoms with Gasteiger partial charge in [0, 0.05) is 5.56 Å². The van der Waals surface area contributed by atoms with Gasteiger partial charge in [-0.25, -0.2) is 0 Å². The average molecular weight is 244 g/mol. The van der Waals surface area contributed by atoms with Gasteiger partial charge in [0.2, 0.25) is 0 Å². The van der Waals surface area contributed by atoms with Crippen LogP contribution in [-0.4, -0.2) is 21.3 Å². The average Bonchev–Trinajstić information content (AvgIpc) is 2.76. The Kier molecular flexibility index (Phi) is 3.46. The number of carboxylic acids is 1. The van der Waals surface area contributed by atoms with Crippen LogP contribution in [-0.2, 0) is 11.2 Å². The normalized spacial score (nSPS) is 10.8. The largest absolute Gasteiger partial charge is 0.481 e. The van der Waals surface area contributed by atoms with Crippen LogP contribution in [0.1, 0.15) is 30.9 Å². The van der Waals surface area contributed by atoms with Gasteiger partial charge in [0.05, 0.1) is 18.3 Å². The molecule has 0 amide bonds. The van der Waals surface area contributed by atoms with Crippen LogP contribution in [0.4, 0.5) is 0 Å². The smallest absolute Gasteiger partial charge is 0.307 e. The van der Waals surface area contributed by atoms with Crippen LogP contribution < -0.4 is 0 Å². The molecular weight excluding hydrogens is 228 g/mol. The number of carboxylic acid groups (broad SMARTS) is 1. The maximum atomic E-state index is 10.8. The van der Waals surface area contributed by atoms with E-state index < -0.39 is 5.97 Å². The topological polar surface area (TPSA) is 66.0 Å². The number of carbonyl (C=O) groups is 1. The Hall–Kier alpha value is -2.10. The zero-order valence-corrected chi connectivity index (χ0v) is 10.5. The molecule has 1 aromatic carbocycles. The molecule has 18 heavy (non-hydrogen) atoms. The summed E-state index contributed by atoms with van der Waals surface area (Å²) in [5, 5.41) is 15.6. The number of nitrogens with zero attached hydrogens (tertiary/aromatic N) is 1. The van der Waals surface area contributed by atoms with Gasteiger partial charge in [-0.3, -0.25) is 9.89 Å². The van der Waals surface area contributed by atoms with Crippen LogP contribution in [0.15, 0.2) is 30.5 Å². The van der Waals surface area contributed by atoms with Gasteiger partial charge in [-0.2, -0.15) is 5.10 Å². The Morgan fingerprint density at radius 1 is 1.33 bits per heavy atom. The molecule has 0 atom stereocenters. The first kappa shape index (κ1) is 12.4. The quantitative estimate of drug-likeness (QED) is 0.869. The number of benzene rings is 1. The number of aromatic nitrogens is 2. The highest BCUT2D eigenvalue weighted by Crippen LogP contribution is 2.24. The van der Waals surface area contributed by atoms with E-state index in [1.54, 1.807) is 6.20 Å². The number of hydrogen-bond donors (Lipinski definition) is 2. The van der Waals surface area contributed by atoms with Gasteiger partial charge in [0.25, 0.3) is 0 Å². The van der Waals surface area contributed by atoms with Gasteiger partial charge < -0.3 is 5.11 Å². The van der Waals surface area contributed by atoms with Crippen molar-refractivity contribution in [2.75, 3.05) is 0 Å². The van der Waals surface area contributed by atoms with E-state index in [0.29, 0.717) is 11.5 Å². The summed E-state index contributed by atoms with van der Waals surface area (Å²) in [6.45, 7) is 4.28. The van der Waals surface area contributed by atoms with E-state index in [1.807, 2.05) is 12.1 Å². The molecule has 0 aliphatic carbocycles. The van der Waals surface area contributed by atoms with Gasteiger partial charge >= 0.3 is 5.97 Å². The molecule has 2 N–H and O–H groups in total. The van der Waals surface area contributed by atoms with E-state index in [1.165, 1.54) is 5.56 Å². The molecule has 0 radical (unpaired) electrons. The van der Waals surface area contributed by atoms with Crippen molar-refractivity contribution in [2.24, 2.45) is 0 Å². The number of H-pyrrole nitrogens is 1. The minimum atomic E-state index is -0.851. The second kappa shape index (κ2) is 5.04. The Morgan fingerprint density at radius 2 is 2.00 bits per heavy atom. The van der Waals surface area contributed by atoms with Crippen molar-refractivity contribution < 1.29 is 9.90 Å². The van der Waals surface area contributed by atoms with E-state index in [9.17, 15) is 4.79 Å². The van der Waals surface area contributed by atoms with Crippen molar-refractivity contribution in [2.45, 2.75) is 26.2 Å². The first-order valence-electron chi connectivity index (χ1n) is 5.92. The summed E-state index contributed by atoms with van der Waals surface area (Å²) in [6, 6.07) is 8.11. The SMILES string of the molecule is CC(C)c1ccc(-c2[nH]ncc2CC(=O)O)cc1. The lowest BCUT2D eigenvalue weighted by Gasteiger charge is -2.06. The molecule has 0 fully saturated rings. The highest BCUT2D eigenvalue weighted by Gasteiger charge is 2.11. The van der Waals surface area contributed by atoms with Crippen molar-refractivity contribution in [1.29, 1.82) is 0 Å². The van der Waals surface area contributed by atoms with Crippen molar-refractivity contribution in [3.05, 3.63) is 41.6 Å². The molecule has 2 rings (SSSR count). The molecule has 0 unspecified atom stereocenters. The van der Waals surface area contributed by atoms with Crippen LogP contribution in [0.3, 0.4) is 0 Å². The lowest BCUT2D eigenvalue weighted by Crippen LogP contribution is -2.00. The minimum absolute atomic E-state index is 0.0161. The molecule has 0 aliphatic rings. The molecule has 94 valence electrons. The summed E-state index contributed by atoms with van der Waals surface area (Å²) >= 11 is 0. The molecule has 0 saturated carbocycles. The highest BCUT2D eigenvalue weighted by atomic mass is 16.4. The molecule has 0 saturated heterocycles. The number of hydrogen-bond acceptors (Lipinski definition) is 2. The Morgan fingerprint density at radius 3 is 2.56 bits per heavy atom.